The summed E-state index contributed by atoms with van der Waals surface area (Å²) in [5.41, 5.74) is 2.32. The van der Waals surface area contributed by atoms with Gasteiger partial charge in [-0.15, -0.1) is 10.2 Å². The van der Waals surface area contributed by atoms with Gasteiger partial charge >= 0.3 is 0 Å². The fourth-order valence-corrected chi connectivity index (χ4v) is 3.52. The zero-order valence-electron chi connectivity index (χ0n) is 15.2. The van der Waals surface area contributed by atoms with E-state index in [4.69, 9.17) is 0 Å². The van der Waals surface area contributed by atoms with Gasteiger partial charge in [-0.2, -0.15) is 0 Å². The number of nitrogens with one attached hydrogen (secondary N) is 1. The topological polar surface area (TPSA) is 103 Å². The third kappa shape index (κ3) is 3.86. The quantitative estimate of drug-likeness (QED) is 0.374. The SMILES string of the molecule is Cn1cnnc1SCCNC(=O)Cn1c(-c2cnccn2)nc2ccccc21. The molecule has 1 aromatic carbocycles. The Morgan fingerprint density at radius 3 is 2.93 bits per heavy atom. The molecule has 142 valence electrons. The highest BCUT2D eigenvalue weighted by Crippen LogP contribution is 2.22. The van der Waals surface area contributed by atoms with Crippen molar-refractivity contribution in [1.82, 2.24) is 39.6 Å². The molecule has 4 rings (SSSR count). The summed E-state index contributed by atoms with van der Waals surface area (Å²) in [4.78, 5) is 25.6. The molecule has 0 fully saturated rings. The summed E-state index contributed by atoms with van der Waals surface area (Å²) >= 11 is 1.54. The summed E-state index contributed by atoms with van der Waals surface area (Å²) in [5.74, 6) is 1.24. The Balaban J connectivity index is 1.46. The summed E-state index contributed by atoms with van der Waals surface area (Å²) < 4.78 is 3.71. The first kappa shape index (κ1) is 18.1. The molecule has 0 radical (unpaired) electrons. The number of rotatable bonds is 7. The van der Waals surface area contributed by atoms with Gasteiger partial charge in [0.05, 0.1) is 17.2 Å². The van der Waals surface area contributed by atoms with Crippen LogP contribution in [0.25, 0.3) is 22.6 Å². The molecule has 0 saturated carbocycles. The van der Waals surface area contributed by atoms with Crippen molar-refractivity contribution in [2.24, 2.45) is 7.05 Å². The van der Waals surface area contributed by atoms with E-state index in [1.54, 1.807) is 36.7 Å². The molecule has 0 bridgehead atoms. The first-order chi connectivity index (χ1) is 13.7. The smallest absolute Gasteiger partial charge is 0.240 e. The number of fused-ring (bicyclic) bond motifs is 1. The van der Waals surface area contributed by atoms with Gasteiger partial charge in [0.1, 0.15) is 18.6 Å². The van der Waals surface area contributed by atoms with Crippen molar-refractivity contribution in [3.05, 3.63) is 49.2 Å². The van der Waals surface area contributed by atoms with E-state index in [0.29, 0.717) is 23.8 Å². The van der Waals surface area contributed by atoms with Crippen molar-refractivity contribution in [2.45, 2.75) is 11.7 Å². The van der Waals surface area contributed by atoms with E-state index in [9.17, 15) is 4.79 Å². The second kappa shape index (κ2) is 8.17. The van der Waals surface area contributed by atoms with Gasteiger partial charge in [0.15, 0.2) is 11.0 Å². The number of nitrogens with zero attached hydrogens (tertiary/aromatic N) is 7. The van der Waals surface area contributed by atoms with E-state index in [-0.39, 0.29) is 12.5 Å². The van der Waals surface area contributed by atoms with Gasteiger partial charge in [-0.3, -0.25) is 9.78 Å². The first-order valence-electron chi connectivity index (χ1n) is 8.67. The number of hydrogen-bond donors (Lipinski definition) is 1. The second-order valence-corrected chi connectivity index (χ2v) is 7.09. The van der Waals surface area contributed by atoms with Crippen molar-refractivity contribution in [3.63, 3.8) is 0 Å². The minimum Gasteiger partial charge on any atom is -0.354 e. The Labute approximate surface area is 165 Å². The number of para-hydroxylation sites is 2. The molecule has 0 aliphatic rings. The molecule has 0 aliphatic carbocycles. The molecular weight excluding hydrogens is 376 g/mol. The second-order valence-electron chi connectivity index (χ2n) is 6.02. The number of aryl methyl sites for hydroxylation is 1. The van der Waals surface area contributed by atoms with Crippen molar-refractivity contribution in [1.29, 1.82) is 0 Å². The Kier molecular flexibility index (Phi) is 5.29. The molecule has 4 aromatic rings. The van der Waals surface area contributed by atoms with Crippen LogP contribution in [0.5, 0.6) is 0 Å². The molecule has 28 heavy (non-hydrogen) atoms. The summed E-state index contributed by atoms with van der Waals surface area (Å²) in [5, 5.41) is 11.6. The van der Waals surface area contributed by atoms with Crippen molar-refractivity contribution in [3.8, 4) is 11.5 Å². The third-order valence-electron chi connectivity index (χ3n) is 4.07. The van der Waals surface area contributed by atoms with Crippen LogP contribution >= 0.6 is 11.8 Å². The van der Waals surface area contributed by atoms with Crippen LogP contribution in [0, 0.1) is 0 Å². The van der Waals surface area contributed by atoms with Crippen LogP contribution in [-0.4, -0.2) is 52.5 Å². The predicted molar refractivity (Wildman–Crippen MR) is 105 cm³/mol. The van der Waals surface area contributed by atoms with Crippen LogP contribution < -0.4 is 5.32 Å². The molecular formula is C18H18N8OS. The number of imidazole rings is 1. The minimum atomic E-state index is -0.0909. The fraction of sp³-hybridized carbons (Fsp3) is 0.222. The molecule has 3 aromatic heterocycles. The van der Waals surface area contributed by atoms with Crippen molar-refractivity contribution < 1.29 is 4.79 Å². The zero-order chi connectivity index (χ0) is 19.3. The molecule has 1 N–H and O–H groups in total. The Morgan fingerprint density at radius 2 is 2.14 bits per heavy atom. The van der Waals surface area contributed by atoms with E-state index in [1.165, 1.54) is 0 Å². The van der Waals surface area contributed by atoms with Gasteiger partial charge in [-0.05, 0) is 12.1 Å². The number of aromatic nitrogens is 7. The largest absolute Gasteiger partial charge is 0.354 e. The summed E-state index contributed by atoms with van der Waals surface area (Å²) in [6.07, 6.45) is 6.52. The summed E-state index contributed by atoms with van der Waals surface area (Å²) in [6, 6.07) is 7.71. The van der Waals surface area contributed by atoms with E-state index < -0.39 is 0 Å². The monoisotopic (exact) mass is 394 g/mol. The lowest BCUT2D eigenvalue weighted by molar-refractivity contribution is -0.121. The van der Waals surface area contributed by atoms with E-state index in [0.717, 1.165) is 16.2 Å². The van der Waals surface area contributed by atoms with E-state index in [1.807, 2.05) is 40.4 Å². The van der Waals surface area contributed by atoms with Gasteiger partial charge in [-0.1, -0.05) is 23.9 Å². The third-order valence-corrected chi connectivity index (χ3v) is 5.11. The van der Waals surface area contributed by atoms with Gasteiger partial charge < -0.3 is 14.5 Å². The van der Waals surface area contributed by atoms with Gasteiger partial charge in [-0.25, -0.2) is 9.97 Å². The lowest BCUT2D eigenvalue weighted by atomic mass is 10.3. The summed E-state index contributed by atoms with van der Waals surface area (Å²) in [7, 11) is 1.89. The van der Waals surface area contributed by atoms with Crippen LogP contribution in [-0.2, 0) is 18.4 Å². The molecule has 9 nitrogen and oxygen atoms in total. The van der Waals surface area contributed by atoms with Crippen molar-refractivity contribution >= 4 is 28.7 Å². The highest BCUT2D eigenvalue weighted by atomic mass is 32.2. The lowest BCUT2D eigenvalue weighted by Crippen LogP contribution is -2.29. The first-order valence-corrected chi connectivity index (χ1v) is 9.66. The van der Waals surface area contributed by atoms with Crippen molar-refractivity contribution in [2.75, 3.05) is 12.3 Å². The van der Waals surface area contributed by atoms with Gasteiger partial charge in [0, 0.05) is 31.7 Å². The molecule has 3 heterocycles. The van der Waals surface area contributed by atoms with Crippen LogP contribution in [0.3, 0.4) is 0 Å². The van der Waals surface area contributed by atoms with Crippen LogP contribution in [0.1, 0.15) is 0 Å². The number of carbonyl (C=O) groups is 1. The number of hydrogen-bond acceptors (Lipinski definition) is 7. The van der Waals surface area contributed by atoms with Crippen LogP contribution in [0.15, 0.2) is 54.3 Å². The highest BCUT2D eigenvalue weighted by molar-refractivity contribution is 7.99. The number of benzene rings is 1. The average molecular weight is 394 g/mol. The Morgan fingerprint density at radius 1 is 1.25 bits per heavy atom. The van der Waals surface area contributed by atoms with E-state index >= 15 is 0 Å². The summed E-state index contributed by atoms with van der Waals surface area (Å²) in [6.45, 7) is 0.685. The maximum atomic E-state index is 12.5. The molecule has 0 aliphatic heterocycles. The highest BCUT2D eigenvalue weighted by Gasteiger charge is 2.16. The Hall–Kier alpha value is -3.27. The molecule has 0 spiro atoms. The molecule has 0 saturated heterocycles. The maximum Gasteiger partial charge on any atom is 0.240 e. The maximum absolute atomic E-state index is 12.5. The van der Waals surface area contributed by atoms with Crippen LogP contribution in [0.2, 0.25) is 0 Å². The van der Waals surface area contributed by atoms with Crippen LogP contribution in [0.4, 0.5) is 0 Å². The zero-order valence-corrected chi connectivity index (χ0v) is 16.0. The predicted octanol–water partition coefficient (Wildman–Crippen LogP) is 1.53. The Bertz CT molecular complexity index is 1090. The van der Waals surface area contributed by atoms with Gasteiger partial charge in [0.2, 0.25) is 5.91 Å². The number of thioether (sulfide) groups is 1. The molecule has 0 atom stereocenters. The standard InChI is InChI=1S/C18H18N8OS/c1-25-12-22-24-18(25)28-9-8-21-16(27)11-26-15-5-3-2-4-13(15)23-17(26)14-10-19-6-7-20-14/h2-7,10,12H,8-9,11H2,1H3,(H,21,27). The fourth-order valence-electron chi connectivity index (χ4n) is 2.78. The minimum absolute atomic E-state index is 0.0909. The van der Waals surface area contributed by atoms with E-state index in [2.05, 4.69) is 30.5 Å². The molecule has 0 unspecified atom stereocenters. The normalized spacial score (nSPS) is 11.0. The number of amides is 1. The molecule has 1 amide bonds. The lowest BCUT2D eigenvalue weighted by Gasteiger charge is -2.09. The van der Waals surface area contributed by atoms with Gasteiger partial charge in [0.25, 0.3) is 0 Å². The number of carbonyl (C=O) groups excluding carboxylic acids is 1. The average Bonchev–Trinajstić information content (AvgIpc) is 3.30. The molecule has 10 heteroatoms.